The van der Waals surface area contributed by atoms with E-state index in [4.69, 9.17) is 9.47 Å². The summed E-state index contributed by atoms with van der Waals surface area (Å²) in [7, 11) is 4.42. The summed E-state index contributed by atoms with van der Waals surface area (Å²) >= 11 is 0. The molecule has 1 N–H and O–H groups in total. The molecule has 0 fully saturated rings. The van der Waals surface area contributed by atoms with Gasteiger partial charge in [-0.15, -0.1) is 0 Å². The molecule has 1 aromatic carbocycles. The van der Waals surface area contributed by atoms with Gasteiger partial charge < -0.3 is 19.4 Å². The topological polar surface area (TPSA) is 78.3 Å². The van der Waals surface area contributed by atoms with Gasteiger partial charge in [0.1, 0.15) is 17.7 Å². The molecular weight excluding hydrogens is 377 g/mol. The molecule has 0 spiro atoms. The van der Waals surface area contributed by atoms with Crippen molar-refractivity contribution in [1.29, 1.82) is 0 Å². The summed E-state index contributed by atoms with van der Waals surface area (Å²) in [6.07, 6.45) is -3.17. The first-order chi connectivity index (χ1) is 13.2. The molecular formula is C18H17F3N4O3. The molecule has 0 amide bonds. The van der Waals surface area contributed by atoms with E-state index in [-0.39, 0.29) is 16.7 Å². The number of nitrogens with one attached hydrogen (secondary N) is 1. The largest absolute Gasteiger partial charge is 0.493 e. The molecule has 10 heteroatoms. The Morgan fingerprint density at radius 2 is 1.86 bits per heavy atom. The lowest BCUT2D eigenvalue weighted by Gasteiger charge is -2.14. The Hall–Kier alpha value is -3.30. The maximum absolute atomic E-state index is 12.7. The van der Waals surface area contributed by atoms with Crippen molar-refractivity contribution in [2.75, 3.05) is 26.1 Å². The first-order valence-corrected chi connectivity index (χ1v) is 8.13. The molecule has 2 aromatic heterocycles. The number of benzene rings is 1. The number of rotatable bonds is 5. The Labute approximate surface area is 157 Å². The fourth-order valence-corrected chi connectivity index (χ4v) is 2.68. The Bertz CT molecular complexity index is 1080. The summed E-state index contributed by atoms with van der Waals surface area (Å²) in [4.78, 5) is 20.8. The van der Waals surface area contributed by atoms with Crippen LogP contribution in [-0.2, 0) is 7.05 Å². The monoisotopic (exact) mass is 394 g/mol. The second kappa shape index (κ2) is 7.37. The summed E-state index contributed by atoms with van der Waals surface area (Å²) in [6, 6.07) is 6.52. The van der Waals surface area contributed by atoms with E-state index >= 15 is 0 Å². The van der Waals surface area contributed by atoms with E-state index < -0.39 is 18.3 Å². The van der Waals surface area contributed by atoms with Crippen LogP contribution in [0.2, 0.25) is 0 Å². The second-order valence-electron chi connectivity index (χ2n) is 5.95. The van der Waals surface area contributed by atoms with Crippen molar-refractivity contribution in [2.45, 2.75) is 6.18 Å². The van der Waals surface area contributed by atoms with Gasteiger partial charge in [0.2, 0.25) is 0 Å². The van der Waals surface area contributed by atoms with E-state index in [1.807, 2.05) is 0 Å². The second-order valence-corrected chi connectivity index (χ2v) is 5.95. The number of aryl methyl sites for hydroxylation is 1. The van der Waals surface area contributed by atoms with Crippen molar-refractivity contribution in [1.82, 2.24) is 14.5 Å². The lowest BCUT2D eigenvalue weighted by Crippen LogP contribution is -2.24. The lowest BCUT2D eigenvalue weighted by atomic mass is 10.1. The van der Waals surface area contributed by atoms with Crippen LogP contribution in [0.15, 0.2) is 35.4 Å². The van der Waals surface area contributed by atoms with E-state index in [1.54, 1.807) is 18.2 Å². The number of methoxy groups -OCH3 is 2. The number of halogens is 3. The molecule has 3 rings (SSSR count). The number of hydrogen-bond donors (Lipinski definition) is 1. The van der Waals surface area contributed by atoms with Gasteiger partial charge in [0.15, 0.2) is 11.5 Å². The van der Waals surface area contributed by atoms with Crippen molar-refractivity contribution in [2.24, 2.45) is 7.05 Å². The average molecular weight is 394 g/mol. The van der Waals surface area contributed by atoms with Crippen LogP contribution in [0.3, 0.4) is 0 Å². The highest BCUT2D eigenvalue weighted by atomic mass is 19.4. The molecule has 0 saturated carbocycles. The molecule has 148 valence electrons. The molecule has 0 aliphatic rings. The number of alkyl halides is 3. The minimum atomic E-state index is -4.47. The summed E-state index contributed by atoms with van der Waals surface area (Å²) in [5.41, 5.74) is 0.629. The number of aromatic nitrogens is 3. The van der Waals surface area contributed by atoms with Gasteiger partial charge in [-0.1, -0.05) is 0 Å². The number of fused-ring (bicyclic) bond motifs is 1. The van der Waals surface area contributed by atoms with Crippen molar-refractivity contribution in [3.8, 4) is 22.8 Å². The van der Waals surface area contributed by atoms with Gasteiger partial charge in [-0.2, -0.15) is 13.2 Å². The third kappa shape index (κ3) is 3.85. The predicted octanol–water partition coefficient (Wildman–Crippen LogP) is 2.99. The van der Waals surface area contributed by atoms with Crippen molar-refractivity contribution >= 4 is 16.7 Å². The SMILES string of the molecule is COc1ccc(-c2cc3ncn(C)c(=O)c3c(NCC(F)(F)F)n2)cc1OC. The molecule has 0 bridgehead atoms. The predicted molar refractivity (Wildman–Crippen MR) is 97.9 cm³/mol. The number of ether oxygens (including phenoxy) is 2. The molecule has 2 heterocycles. The van der Waals surface area contributed by atoms with Crippen LogP contribution in [0.25, 0.3) is 22.2 Å². The van der Waals surface area contributed by atoms with Crippen LogP contribution in [0.4, 0.5) is 19.0 Å². The standard InChI is InChI=1S/C18H17F3N4O3/c1-25-9-23-12-7-11(10-4-5-13(27-2)14(6-10)28-3)24-16(15(12)17(25)26)22-8-18(19,20)21/h4-7,9H,8H2,1-3H3,(H,22,24). The van der Waals surface area contributed by atoms with Gasteiger partial charge in [-0.3, -0.25) is 4.79 Å². The minimum absolute atomic E-state index is 0.0153. The quantitative estimate of drug-likeness (QED) is 0.717. The van der Waals surface area contributed by atoms with Crippen LogP contribution in [-0.4, -0.2) is 41.5 Å². The zero-order chi connectivity index (χ0) is 20.5. The maximum Gasteiger partial charge on any atom is 0.405 e. The minimum Gasteiger partial charge on any atom is -0.493 e. The molecule has 28 heavy (non-hydrogen) atoms. The summed E-state index contributed by atoms with van der Waals surface area (Å²) in [5.74, 6) is 0.742. The molecule has 0 radical (unpaired) electrons. The third-order valence-electron chi connectivity index (χ3n) is 4.04. The molecule has 0 unspecified atom stereocenters. The Morgan fingerprint density at radius 3 is 2.50 bits per heavy atom. The van der Waals surface area contributed by atoms with E-state index in [1.165, 1.54) is 38.2 Å². The van der Waals surface area contributed by atoms with Crippen LogP contribution >= 0.6 is 0 Å². The van der Waals surface area contributed by atoms with Crippen molar-refractivity contribution < 1.29 is 22.6 Å². The zero-order valence-electron chi connectivity index (χ0n) is 15.3. The van der Waals surface area contributed by atoms with E-state index in [0.717, 1.165) is 0 Å². The van der Waals surface area contributed by atoms with E-state index in [0.29, 0.717) is 22.8 Å². The maximum atomic E-state index is 12.7. The van der Waals surface area contributed by atoms with Crippen LogP contribution in [0, 0.1) is 0 Å². The number of anilines is 1. The Kier molecular flexibility index (Phi) is 5.12. The van der Waals surface area contributed by atoms with E-state index in [2.05, 4.69) is 15.3 Å². The smallest absolute Gasteiger partial charge is 0.405 e. The number of nitrogens with zero attached hydrogens (tertiary/aromatic N) is 3. The summed E-state index contributed by atoms with van der Waals surface area (Å²) < 4.78 is 49.7. The fraction of sp³-hybridized carbons (Fsp3) is 0.278. The first kappa shape index (κ1) is 19.5. The zero-order valence-corrected chi connectivity index (χ0v) is 15.3. The van der Waals surface area contributed by atoms with Gasteiger partial charge in [0.25, 0.3) is 5.56 Å². The Morgan fingerprint density at radius 1 is 1.14 bits per heavy atom. The van der Waals surface area contributed by atoms with Gasteiger partial charge in [-0.05, 0) is 24.3 Å². The van der Waals surface area contributed by atoms with Gasteiger partial charge >= 0.3 is 6.18 Å². The highest BCUT2D eigenvalue weighted by molar-refractivity contribution is 5.91. The highest BCUT2D eigenvalue weighted by Crippen LogP contribution is 2.33. The fourth-order valence-electron chi connectivity index (χ4n) is 2.68. The van der Waals surface area contributed by atoms with Gasteiger partial charge in [-0.25, -0.2) is 9.97 Å². The van der Waals surface area contributed by atoms with Crippen LogP contribution in [0.1, 0.15) is 0 Å². The molecule has 0 aliphatic heterocycles. The summed E-state index contributed by atoms with van der Waals surface area (Å²) in [5, 5.41) is 2.20. The van der Waals surface area contributed by atoms with Crippen molar-refractivity contribution in [3.05, 3.63) is 40.9 Å². The third-order valence-corrected chi connectivity index (χ3v) is 4.04. The molecule has 0 aliphatic carbocycles. The van der Waals surface area contributed by atoms with E-state index in [9.17, 15) is 18.0 Å². The molecule has 0 atom stereocenters. The Balaban J connectivity index is 2.19. The van der Waals surface area contributed by atoms with Gasteiger partial charge in [0.05, 0.1) is 31.8 Å². The van der Waals surface area contributed by atoms with Crippen molar-refractivity contribution in [3.63, 3.8) is 0 Å². The molecule has 7 nitrogen and oxygen atoms in total. The van der Waals surface area contributed by atoms with Crippen LogP contribution in [0.5, 0.6) is 11.5 Å². The molecule has 0 saturated heterocycles. The normalized spacial score (nSPS) is 11.5. The molecule has 3 aromatic rings. The number of hydrogen-bond acceptors (Lipinski definition) is 6. The summed E-state index contributed by atoms with van der Waals surface area (Å²) in [6.45, 7) is -1.33. The number of pyridine rings is 1. The first-order valence-electron chi connectivity index (χ1n) is 8.13. The lowest BCUT2D eigenvalue weighted by molar-refractivity contribution is -0.115. The highest BCUT2D eigenvalue weighted by Gasteiger charge is 2.27. The van der Waals surface area contributed by atoms with Gasteiger partial charge in [0, 0.05) is 12.6 Å². The average Bonchev–Trinajstić information content (AvgIpc) is 2.67. The van der Waals surface area contributed by atoms with Crippen LogP contribution < -0.4 is 20.3 Å².